The van der Waals surface area contributed by atoms with E-state index in [1.165, 1.54) is 0 Å². The number of rotatable bonds is 6. The fourth-order valence-corrected chi connectivity index (χ4v) is 4.52. The summed E-state index contributed by atoms with van der Waals surface area (Å²) in [5, 5.41) is 8.09. The van der Waals surface area contributed by atoms with Gasteiger partial charge in [-0.15, -0.1) is 5.10 Å². The van der Waals surface area contributed by atoms with Gasteiger partial charge in [-0.05, 0) is 30.7 Å². The Bertz CT molecular complexity index is 1240. The maximum Gasteiger partial charge on any atom is 0.253 e. The van der Waals surface area contributed by atoms with Gasteiger partial charge in [0.25, 0.3) is 5.91 Å². The van der Waals surface area contributed by atoms with E-state index >= 15 is 0 Å². The van der Waals surface area contributed by atoms with Gasteiger partial charge in [-0.25, -0.2) is 4.68 Å². The van der Waals surface area contributed by atoms with Gasteiger partial charge in [0.1, 0.15) is 11.4 Å². The lowest BCUT2D eigenvalue weighted by Crippen LogP contribution is -2.48. The highest BCUT2D eigenvalue weighted by Gasteiger charge is 2.34. The lowest BCUT2D eigenvalue weighted by Gasteiger charge is -2.34. The van der Waals surface area contributed by atoms with Crippen LogP contribution in [-0.4, -0.2) is 82.1 Å². The third-order valence-corrected chi connectivity index (χ3v) is 6.42. The number of methoxy groups -OCH3 is 1. The van der Waals surface area contributed by atoms with Crippen LogP contribution in [0.1, 0.15) is 48.9 Å². The van der Waals surface area contributed by atoms with E-state index in [-0.39, 0.29) is 28.9 Å². The van der Waals surface area contributed by atoms with Gasteiger partial charge in [0.05, 0.1) is 7.11 Å². The number of ketones is 2. The van der Waals surface area contributed by atoms with Gasteiger partial charge in [0.15, 0.2) is 5.69 Å². The molecule has 174 valence electrons. The van der Waals surface area contributed by atoms with Gasteiger partial charge >= 0.3 is 0 Å². The maximum absolute atomic E-state index is 12.9. The number of ether oxygens (including phenoxy) is 1. The minimum atomic E-state index is -0.255. The Morgan fingerprint density at radius 3 is 2.26 bits per heavy atom. The molecule has 1 amide bonds. The zero-order valence-corrected chi connectivity index (χ0v) is 18.9. The quantitative estimate of drug-likeness (QED) is 0.434. The van der Waals surface area contributed by atoms with Crippen LogP contribution < -0.4 is 4.74 Å². The van der Waals surface area contributed by atoms with Crippen LogP contribution in [0, 0.1) is 0 Å². The maximum atomic E-state index is 12.9. The van der Waals surface area contributed by atoms with Crippen LogP contribution in [0.5, 0.6) is 5.75 Å². The first-order valence-corrected chi connectivity index (χ1v) is 11.3. The highest BCUT2D eigenvalue weighted by atomic mass is 16.5. The third-order valence-electron chi connectivity index (χ3n) is 6.42. The van der Waals surface area contributed by atoms with E-state index in [0.717, 1.165) is 31.8 Å². The van der Waals surface area contributed by atoms with E-state index in [2.05, 4.69) is 15.2 Å². The van der Waals surface area contributed by atoms with Gasteiger partial charge < -0.3 is 9.64 Å². The molecule has 0 radical (unpaired) electrons. The largest absolute Gasteiger partial charge is 0.497 e. The van der Waals surface area contributed by atoms with E-state index in [1.807, 2.05) is 4.90 Å². The van der Waals surface area contributed by atoms with Crippen molar-refractivity contribution in [2.75, 3.05) is 39.8 Å². The summed E-state index contributed by atoms with van der Waals surface area (Å²) in [5.74, 6) is 0.292. The average Bonchev–Trinajstić information content (AvgIpc) is 3.32. The molecule has 1 aliphatic carbocycles. The molecule has 0 atom stereocenters. The van der Waals surface area contributed by atoms with E-state index in [0.29, 0.717) is 36.3 Å². The number of hydrogen-bond donors (Lipinski definition) is 0. The number of carbonyl (C=O) groups is 3. The standard InChI is InChI=1S/C25H25N5O4/c1-34-18-9-7-17(8-10-18)25(33)29-15-13-28(14-16-29)11-4-12-30-22-21(26-27-30)23(31)19-5-2-3-6-20(19)24(22)32/h2-3,5-10H,4,11-16H2,1H3. The lowest BCUT2D eigenvalue weighted by atomic mass is 9.90. The summed E-state index contributed by atoms with van der Waals surface area (Å²) in [7, 11) is 1.60. The molecule has 9 heteroatoms. The second-order valence-corrected chi connectivity index (χ2v) is 8.43. The van der Waals surface area contributed by atoms with Gasteiger partial charge in [-0.2, -0.15) is 0 Å². The van der Waals surface area contributed by atoms with Crippen LogP contribution >= 0.6 is 0 Å². The number of benzene rings is 2. The molecule has 1 aliphatic heterocycles. The number of hydrogen-bond acceptors (Lipinski definition) is 7. The molecule has 0 spiro atoms. The van der Waals surface area contributed by atoms with E-state index in [4.69, 9.17) is 4.74 Å². The summed E-state index contributed by atoms with van der Waals surface area (Å²) >= 11 is 0. The topological polar surface area (TPSA) is 97.6 Å². The molecule has 0 saturated carbocycles. The molecule has 2 aromatic carbocycles. The number of aromatic nitrogens is 3. The summed E-state index contributed by atoms with van der Waals surface area (Å²) in [6.07, 6.45) is 0.755. The predicted molar refractivity (Wildman–Crippen MR) is 123 cm³/mol. The Morgan fingerprint density at radius 1 is 0.912 bits per heavy atom. The lowest BCUT2D eigenvalue weighted by molar-refractivity contribution is 0.0634. The first-order valence-electron chi connectivity index (χ1n) is 11.3. The van der Waals surface area contributed by atoms with Crippen molar-refractivity contribution < 1.29 is 19.1 Å². The summed E-state index contributed by atoms with van der Waals surface area (Å²) in [4.78, 5) is 42.5. The van der Waals surface area contributed by atoms with Gasteiger partial charge in [0.2, 0.25) is 11.6 Å². The van der Waals surface area contributed by atoms with E-state index in [9.17, 15) is 14.4 Å². The van der Waals surface area contributed by atoms with Crippen molar-refractivity contribution in [1.82, 2.24) is 24.8 Å². The zero-order chi connectivity index (χ0) is 23.7. The summed E-state index contributed by atoms with van der Waals surface area (Å²) in [6.45, 7) is 4.18. The molecular weight excluding hydrogens is 434 g/mol. The van der Waals surface area contributed by atoms with Crippen LogP contribution in [0.25, 0.3) is 0 Å². The molecule has 5 rings (SSSR count). The van der Waals surface area contributed by atoms with Crippen LogP contribution in [0.2, 0.25) is 0 Å². The number of amides is 1. The molecule has 34 heavy (non-hydrogen) atoms. The molecule has 1 saturated heterocycles. The van der Waals surface area contributed by atoms with Gasteiger partial charge in [-0.3, -0.25) is 19.3 Å². The molecule has 0 unspecified atom stereocenters. The van der Waals surface area contributed by atoms with E-state index < -0.39 is 0 Å². The monoisotopic (exact) mass is 459 g/mol. The number of nitrogens with zero attached hydrogens (tertiary/aromatic N) is 5. The van der Waals surface area contributed by atoms with Crippen molar-refractivity contribution in [3.05, 3.63) is 76.6 Å². The number of carbonyl (C=O) groups excluding carboxylic acids is 3. The van der Waals surface area contributed by atoms with Gasteiger partial charge in [0, 0.05) is 56.0 Å². The Morgan fingerprint density at radius 2 is 1.59 bits per heavy atom. The summed E-state index contributed by atoms with van der Waals surface area (Å²) in [6, 6.07) is 14.0. The molecule has 2 aliphatic rings. The molecule has 2 heterocycles. The highest BCUT2D eigenvalue weighted by Crippen LogP contribution is 2.25. The van der Waals surface area contributed by atoms with Crippen molar-refractivity contribution in [1.29, 1.82) is 0 Å². The Labute approximate surface area is 196 Å². The first-order chi connectivity index (χ1) is 16.6. The van der Waals surface area contributed by atoms with Crippen molar-refractivity contribution in [3.63, 3.8) is 0 Å². The fourth-order valence-electron chi connectivity index (χ4n) is 4.52. The van der Waals surface area contributed by atoms with Crippen LogP contribution in [0.3, 0.4) is 0 Å². The zero-order valence-electron chi connectivity index (χ0n) is 18.9. The molecule has 1 fully saturated rings. The SMILES string of the molecule is COc1ccc(C(=O)N2CCN(CCCn3nnc4c3C(=O)c3ccccc3C4=O)CC2)cc1. The van der Waals surface area contributed by atoms with Crippen LogP contribution in [0.4, 0.5) is 0 Å². The Balaban J connectivity index is 1.15. The highest BCUT2D eigenvalue weighted by molar-refractivity contribution is 6.26. The molecule has 0 N–H and O–H groups in total. The number of aryl methyl sites for hydroxylation is 1. The van der Waals surface area contributed by atoms with Crippen molar-refractivity contribution >= 4 is 17.5 Å². The minimum absolute atomic E-state index is 0.0278. The molecule has 1 aromatic heterocycles. The Hall–Kier alpha value is -3.85. The van der Waals surface area contributed by atoms with Gasteiger partial charge in [-0.1, -0.05) is 29.5 Å². The third kappa shape index (κ3) is 3.99. The Kier molecular flexibility index (Phi) is 5.93. The molecule has 9 nitrogen and oxygen atoms in total. The molecule has 3 aromatic rings. The summed E-state index contributed by atoms with van der Waals surface area (Å²) in [5.41, 5.74) is 1.86. The predicted octanol–water partition coefficient (Wildman–Crippen LogP) is 1.91. The normalized spacial score (nSPS) is 15.7. The van der Waals surface area contributed by atoms with Crippen molar-refractivity contribution in [2.24, 2.45) is 0 Å². The minimum Gasteiger partial charge on any atom is -0.497 e. The first kappa shape index (κ1) is 22.0. The molecule has 0 bridgehead atoms. The number of fused-ring (bicyclic) bond motifs is 2. The average molecular weight is 460 g/mol. The second-order valence-electron chi connectivity index (χ2n) is 8.43. The number of piperazine rings is 1. The molecular formula is C25H25N5O4. The smallest absolute Gasteiger partial charge is 0.253 e. The van der Waals surface area contributed by atoms with Crippen LogP contribution in [0.15, 0.2) is 48.5 Å². The summed E-state index contributed by atoms with van der Waals surface area (Å²) < 4.78 is 6.70. The fraction of sp³-hybridized carbons (Fsp3) is 0.320. The second kappa shape index (κ2) is 9.18. The van der Waals surface area contributed by atoms with Crippen molar-refractivity contribution in [3.8, 4) is 5.75 Å². The van der Waals surface area contributed by atoms with Crippen LogP contribution in [-0.2, 0) is 6.54 Å². The van der Waals surface area contributed by atoms with E-state index in [1.54, 1.807) is 60.3 Å². The van der Waals surface area contributed by atoms with Crippen molar-refractivity contribution in [2.45, 2.75) is 13.0 Å².